The predicted octanol–water partition coefficient (Wildman–Crippen LogP) is 2.69. The van der Waals surface area contributed by atoms with E-state index < -0.39 is 66.2 Å². The number of halogens is 4. The maximum atomic E-state index is 14.3. The zero-order valence-corrected chi connectivity index (χ0v) is 24.5. The summed E-state index contributed by atoms with van der Waals surface area (Å²) in [7, 11) is -8.62. The number of pyridine rings is 1. The molecule has 0 N–H and O–H groups in total. The number of anilines is 1. The first-order valence-corrected chi connectivity index (χ1v) is 16.2. The van der Waals surface area contributed by atoms with Crippen LogP contribution in [0.4, 0.5) is 24.5 Å². The fourth-order valence-corrected chi connectivity index (χ4v) is 6.64. The molecular formula is C22H27BrF3N5O7S2. The van der Waals surface area contributed by atoms with Gasteiger partial charge in [-0.05, 0) is 12.1 Å². The second-order valence-corrected chi connectivity index (χ2v) is 13.1. The van der Waals surface area contributed by atoms with Crippen LogP contribution in [-0.4, -0.2) is 93.4 Å². The molecule has 222 valence electrons. The van der Waals surface area contributed by atoms with E-state index in [-0.39, 0.29) is 44.1 Å². The third-order valence-electron chi connectivity index (χ3n) is 5.97. The van der Waals surface area contributed by atoms with E-state index in [4.69, 9.17) is 0 Å². The third kappa shape index (κ3) is 8.32. The Morgan fingerprint density at radius 2 is 1.80 bits per heavy atom. The highest BCUT2D eigenvalue weighted by Gasteiger charge is 2.42. The number of hydrogen-bond donors (Lipinski definition) is 0. The van der Waals surface area contributed by atoms with Gasteiger partial charge in [-0.3, -0.25) is 24.2 Å². The highest BCUT2D eigenvalue weighted by Crippen LogP contribution is 2.43. The third-order valence-corrected chi connectivity index (χ3v) is 8.83. The van der Waals surface area contributed by atoms with Crippen LogP contribution in [0, 0.1) is 10.1 Å². The minimum atomic E-state index is -5.17. The van der Waals surface area contributed by atoms with Crippen molar-refractivity contribution in [1.82, 2.24) is 14.2 Å². The summed E-state index contributed by atoms with van der Waals surface area (Å²) in [4.78, 5) is 16.7. The quantitative estimate of drug-likeness (QED) is 0.143. The van der Waals surface area contributed by atoms with Crippen molar-refractivity contribution in [2.24, 2.45) is 0 Å². The van der Waals surface area contributed by atoms with Crippen molar-refractivity contribution in [1.29, 1.82) is 0 Å². The standard InChI is InChI=1S/C22H27BrF3N5O7S2/c1-39(34,35)38-13-12-29(7-5-23)21-19(22(24,25)26)14-18(31(32)33)15-20(21)40(36,37)30-10-8-28(9-11-30)16-17-4-2-3-6-27-17/h2-4,6,14-15H,5,7-13,16H2,1H3. The van der Waals surface area contributed by atoms with Crippen LogP contribution in [0.1, 0.15) is 11.3 Å². The molecule has 1 aromatic heterocycles. The summed E-state index contributed by atoms with van der Waals surface area (Å²) >= 11 is 3.12. The molecule has 0 saturated carbocycles. The summed E-state index contributed by atoms with van der Waals surface area (Å²) in [5.41, 5.74) is -2.63. The highest BCUT2D eigenvalue weighted by atomic mass is 79.9. The molecule has 0 unspecified atom stereocenters. The van der Waals surface area contributed by atoms with Crippen LogP contribution in [0.5, 0.6) is 0 Å². The summed E-state index contributed by atoms with van der Waals surface area (Å²) in [6, 6.07) is 6.26. The Kier molecular flexibility index (Phi) is 10.5. The maximum Gasteiger partial charge on any atom is 0.418 e. The Balaban J connectivity index is 2.04. The van der Waals surface area contributed by atoms with Gasteiger partial charge in [0.2, 0.25) is 10.0 Å². The number of nitrogens with zero attached hydrogens (tertiary/aromatic N) is 5. The molecule has 1 aliphatic rings. The van der Waals surface area contributed by atoms with Crippen molar-refractivity contribution in [3.8, 4) is 0 Å². The first kappa shape index (κ1) is 32.1. The molecule has 0 bridgehead atoms. The molecule has 0 aliphatic carbocycles. The van der Waals surface area contributed by atoms with E-state index in [1.807, 2.05) is 17.0 Å². The lowest BCUT2D eigenvalue weighted by Crippen LogP contribution is -2.48. The summed E-state index contributed by atoms with van der Waals surface area (Å²) in [5.74, 6) is 0. The number of hydrogen-bond acceptors (Lipinski definition) is 10. The molecule has 2 heterocycles. The van der Waals surface area contributed by atoms with E-state index in [9.17, 15) is 40.1 Å². The van der Waals surface area contributed by atoms with Crippen LogP contribution < -0.4 is 4.90 Å². The topological polar surface area (TPSA) is 143 Å². The van der Waals surface area contributed by atoms with Gasteiger partial charge >= 0.3 is 6.18 Å². The van der Waals surface area contributed by atoms with Gasteiger partial charge in [0, 0.05) is 69.5 Å². The van der Waals surface area contributed by atoms with Crippen molar-refractivity contribution < 1.29 is 39.1 Å². The fraction of sp³-hybridized carbons (Fsp3) is 0.500. The molecule has 3 rings (SSSR count). The summed E-state index contributed by atoms with van der Waals surface area (Å²) in [6.45, 7) is -0.421. The number of alkyl halides is 4. The average Bonchev–Trinajstić information content (AvgIpc) is 2.87. The molecule has 1 saturated heterocycles. The Morgan fingerprint density at radius 1 is 1.12 bits per heavy atom. The highest BCUT2D eigenvalue weighted by molar-refractivity contribution is 9.09. The SMILES string of the molecule is CS(=O)(=O)OCCN(CCBr)c1c(C(F)(F)F)cc([N+](=O)[O-])cc1S(=O)(=O)N1CCN(Cc2ccccn2)CC1. The first-order chi connectivity index (χ1) is 18.6. The fourth-order valence-electron chi connectivity index (χ4n) is 4.16. The van der Waals surface area contributed by atoms with Crippen molar-refractivity contribution in [3.05, 3.63) is 57.9 Å². The molecule has 1 aliphatic heterocycles. The predicted molar refractivity (Wildman–Crippen MR) is 143 cm³/mol. The van der Waals surface area contributed by atoms with Gasteiger partial charge in [0.1, 0.15) is 4.90 Å². The summed E-state index contributed by atoms with van der Waals surface area (Å²) in [6.07, 6.45) is -2.79. The van der Waals surface area contributed by atoms with E-state index >= 15 is 0 Å². The van der Waals surface area contributed by atoms with Gasteiger partial charge in [-0.2, -0.15) is 25.9 Å². The molecule has 0 atom stereocenters. The van der Waals surface area contributed by atoms with Gasteiger partial charge in [-0.25, -0.2) is 8.42 Å². The van der Waals surface area contributed by atoms with Crippen molar-refractivity contribution in [2.45, 2.75) is 17.6 Å². The summed E-state index contributed by atoms with van der Waals surface area (Å²) in [5, 5.41) is 11.6. The molecule has 0 radical (unpaired) electrons. The first-order valence-electron chi connectivity index (χ1n) is 11.8. The van der Waals surface area contributed by atoms with Gasteiger partial charge in [0.25, 0.3) is 15.8 Å². The Hall–Kier alpha value is -2.38. The largest absolute Gasteiger partial charge is 0.418 e. The molecule has 12 nitrogen and oxygen atoms in total. The normalized spacial score (nSPS) is 15.7. The maximum absolute atomic E-state index is 14.3. The smallest absolute Gasteiger partial charge is 0.367 e. The van der Waals surface area contributed by atoms with E-state index in [2.05, 4.69) is 25.1 Å². The van der Waals surface area contributed by atoms with Gasteiger partial charge in [0.05, 0.1) is 34.7 Å². The zero-order chi connectivity index (χ0) is 29.7. The Morgan fingerprint density at radius 3 is 2.33 bits per heavy atom. The van der Waals surface area contributed by atoms with Gasteiger partial charge < -0.3 is 4.90 Å². The molecule has 0 amide bonds. The Labute approximate surface area is 238 Å². The number of aromatic nitrogens is 1. The molecule has 0 spiro atoms. The van der Waals surface area contributed by atoms with E-state index in [0.717, 1.165) is 21.2 Å². The van der Waals surface area contributed by atoms with Crippen LogP contribution >= 0.6 is 15.9 Å². The van der Waals surface area contributed by atoms with Gasteiger partial charge in [-0.1, -0.05) is 22.0 Å². The number of nitro groups is 1. The van der Waals surface area contributed by atoms with Crippen LogP contribution in [-0.2, 0) is 37.0 Å². The second kappa shape index (κ2) is 13.1. The van der Waals surface area contributed by atoms with E-state index in [1.54, 1.807) is 12.3 Å². The number of benzene rings is 1. The van der Waals surface area contributed by atoms with Crippen LogP contribution in [0.3, 0.4) is 0 Å². The van der Waals surface area contributed by atoms with Crippen molar-refractivity contribution in [2.75, 3.05) is 62.4 Å². The van der Waals surface area contributed by atoms with Gasteiger partial charge in [-0.15, -0.1) is 0 Å². The average molecular weight is 675 g/mol. The molecule has 1 aromatic carbocycles. The minimum absolute atomic E-state index is 0.0751. The molecule has 40 heavy (non-hydrogen) atoms. The number of nitro benzene ring substituents is 1. The lowest BCUT2D eigenvalue weighted by molar-refractivity contribution is -0.385. The molecule has 2 aromatic rings. The van der Waals surface area contributed by atoms with Crippen LogP contribution in [0.15, 0.2) is 41.4 Å². The molecule has 18 heteroatoms. The van der Waals surface area contributed by atoms with Crippen molar-refractivity contribution >= 4 is 47.4 Å². The van der Waals surface area contributed by atoms with Crippen LogP contribution in [0.2, 0.25) is 0 Å². The molecular weight excluding hydrogens is 647 g/mol. The van der Waals surface area contributed by atoms with Gasteiger partial charge in [0.15, 0.2) is 0 Å². The lowest BCUT2D eigenvalue weighted by atomic mass is 10.1. The zero-order valence-electron chi connectivity index (χ0n) is 21.3. The van der Waals surface area contributed by atoms with Crippen LogP contribution in [0.25, 0.3) is 0 Å². The van der Waals surface area contributed by atoms with Crippen molar-refractivity contribution in [3.63, 3.8) is 0 Å². The van der Waals surface area contributed by atoms with E-state index in [0.29, 0.717) is 12.6 Å². The number of piperazine rings is 1. The number of sulfonamides is 1. The number of non-ortho nitro benzene ring substituents is 1. The monoisotopic (exact) mass is 673 g/mol. The second-order valence-electron chi connectivity index (χ2n) is 8.80. The number of rotatable bonds is 12. The molecule has 1 fully saturated rings. The lowest BCUT2D eigenvalue weighted by Gasteiger charge is -2.35. The minimum Gasteiger partial charge on any atom is -0.367 e. The summed E-state index contributed by atoms with van der Waals surface area (Å²) < 4.78 is 98.9. The Bertz CT molecular complexity index is 1410. The van der Waals surface area contributed by atoms with E-state index in [1.165, 1.54) is 0 Å².